The van der Waals surface area contributed by atoms with Crippen LogP contribution in [0.1, 0.15) is 32.3 Å². The van der Waals surface area contributed by atoms with Gasteiger partial charge in [-0.05, 0) is 38.5 Å². The number of aromatic nitrogens is 1. The zero-order valence-electron chi connectivity index (χ0n) is 15.1. The zero-order valence-corrected chi connectivity index (χ0v) is 15.1. The summed E-state index contributed by atoms with van der Waals surface area (Å²) in [4.78, 5) is 19.6. The van der Waals surface area contributed by atoms with E-state index in [1.165, 1.54) is 0 Å². The third-order valence-electron chi connectivity index (χ3n) is 4.73. The third kappa shape index (κ3) is 3.41. The number of fused-ring (bicyclic) bond motifs is 1. The second-order valence-corrected chi connectivity index (χ2v) is 6.21. The second-order valence-electron chi connectivity index (χ2n) is 6.21. The Morgan fingerprint density at radius 1 is 1.00 bits per heavy atom. The van der Waals surface area contributed by atoms with Gasteiger partial charge in [0.05, 0.1) is 17.1 Å². The van der Waals surface area contributed by atoms with Crippen LogP contribution >= 0.6 is 0 Å². The lowest BCUT2D eigenvalue weighted by Gasteiger charge is -2.24. The van der Waals surface area contributed by atoms with E-state index in [1.54, 1.807) is 0 Å². The fourth-order valence-corrected chi connectivity index (χ4v) is 3.26. The van der Waals surface area contributed by atoms with Gasteiger partial charge in [0.2, 0.25) is 5.91 Å². The Hall–Kier alpha value is -2.68. The molecule has 0 N–H and O–H groups in total. The van der Waals surface area contributed by atoms with E-state index in [0.717, 1.165) is 40.8 Å². The molecule has 0 aliphatic heterocycles. The van der Waals surface area contributed by atoms with Gasteiger partial charge in [0.15, 0.2) is 0 Å². The Kier molecular flexibility index (Phi) is 5.13. The highest BCUT2D eigenvalue weighted by Crippen LogP contribution is 2.30. The number of para-hydroxylation sites is 1. The van der Waals surface area contributed by atoms with E-state index < -0.39 is 0 Å². The maximum atomic E-state index is 12.9. The molecule has 1 unspecified atom stereocenters. The number of carbonyl (C=O) groups is 1. The molecule has 2 aromatic carbocycles. The average Bonchev–Trinajstić information content (AvgIpc) is 2.68. The first-order valence-electron chi connectivity index (χ1n) is 8.89. The van der Waals surface area contributed by atoms with Crippen molar-refractivity contribution in [2.45, 2.75) is 26.7 Å². The number of pyridine rings is 1. The van der Waals surface area contributed by atoms with Crippen LogP contribution in [0.3, 0.4) is 0 Å². The van der Waals surface area contributed by atoms with E-state index in [4.69, 9.17) is 4.98 Å². The maximum Gasteiger partial charge on any atom is 0.229 e. The van der Waals surface area contributed by atoms with Crippen LogP contribution in [0.2, 0.25) is 0 Å². The van der Waals surface area contributed by atoms with Crippen molar-refractivity contribution in [3.05, 3.63) is 66.2 Å². The predicted octanol–water partition coefficient (Wildman–Crippen LogP) is 4.87. The molecular formula is C22H24N2O. The number of hydrogen-bond acceptors (Lipinski definition) is 2. The Morgan fingerprint density at radius 2 is 1.64 bits per heavy atom. The van der Waals surface area contributed by atoms with Gasteiger partial charge in [0.25, 0.3) is 0 Å². The molecule has 1 aromatic heterocycles. The van der Waals surface area contributed by atoms with Crippen molar-refractivity contribution in [3.63, 3.8) is 0 Å². The zero-order chi connectivity index (χ0) is 17.8. The van der Waals surface area contributed by atoms with Crippen LogP contribution in [-0.2, 0) is 4.79 Å². The van der Waals surface area contributed by atoms with Crippen molar-refractivity contribution in [1.29, 1.82) is 0 Å². The summed E-state index contributed by atoms with van der Waals surface area (Å²) in [5.74, 6) is -0.0318. The first-order valence-corrected chi connectivity index (χ1v) is 8.89. The quantitative estimate of drug-likeness (QED) is 0.667. The van der Waals surface area contributed by atoms with Gasteiger partial charge in [0.1, 0.15) is 0 Å². The number of rotatable bonds is 5. The predicted molar refractivity (Wildman–Crippen MR) is 104 cm³/mol. The minimum Gasteiger partial charge on any atom is -0.343 e. The van der Waals surface area contributed by atoms with Crippen LogP contribution in [-0.4, -0.2) is 28.9 Å². The van der Waals surface area contributed by atoms with E-state index in [2.05, 4.69) is 24.3 Å². The van der Waals surface area contributed by atoms with Gasteiger partial charge in [0, 0.05) is 24.0 Å². The lowest BCUT2D eigenvalue weighted by Crippen LogP contribution is -2.34. The summed E-state index contributed by atoms with van der Waals surface area (Å²) in [6.45, 7) is 7.50. The number of carbonyl (C=O) groups excluding carboxylic acids is 1. The van der Waals surface area contributed by atoms with Crippen LogP contribution in [0.5, 0.6) is 0 Å². The summed E-state index contributed by atoms with van der Waals surface area (Å²) in [6, 6.07) is 20.3. The Bertz CT molecular complexity index is 870. The Balaban J connectivity index is 2.14. The topological polar surface area (TPSA) is 33.2 Å². The molecule has 3 nitrogen and oxygen atoms in total. The monoisotopic (exact) mass is 332 g/mol. The summed E-state index contributed by atoms with van der Waals surface area (Å²) < 4.78 is 0. The molecule has 0 radical (unpaired) electrons. The number of amides is 1. The maximum absolute atomic E-state index is 12.9. The minimum atomic E-state index is -0.199. The summed E-state index contributed by atoms with van der Waals surface area (Å²) in [6.07, 6.45) is 0. The van der Waals surface area contributed by atoms with E-state index in [9.17, 15) is 4.79 Å². The van der Waals surface area contributed by atoms with Crippen LogP contribution < -0.4 is 0 Å². The Morgan fingerprint density at radius 3 is 2.32 bits per heavy atom. The van der Waals surface area contributed by atoms with Crippen LogP contribution in [0, 0.1) is 0 Å². The molecule has 1 heterocycles. The number of likely N-dealkylation sites (N-methyl/N-ethyl adjacent to an activating group) is 1. The molecule has 25 heavy (non-hydrogen) atoms. The second kappa shape index (κ2) is 7.47. The number of benzene rings is 2. The minimum absolute atomic E-state index is 0.167. The molecule has 3 aromatic rings. The van der Waals surface area contributed by atoms with Gasteiger partial charge in [-0.1, -0.05) is 48.5 Å². The molecule has 0 bridgehead atoms. The van der Waals surface area contributed by atoms with E-state index >= 15 is 0 Å². The van der Waals surface area contributed by atoms with Gasteiger partial charge >= 0.3 is 0 Å². The van der Waals surface area contributed by atoms with Gasteiger partial charge in [-0.3, -0.25) is 4.79 Å². The molecule has 0 spiro atoms. The highest BCUT2D eigenvalue weighted by atomic mass is 16.2. The molecule has 1 atom stereocenters. The summed E-state index contributed by atoms with van der Waals surface area (Å²) in [5, 5.41) is 1.05. The van der Waals surface area contributed by atoms with Crippen molar-refractivity contribution in [2.24, 2.45) is 0 Å². The van der Waals surface area contributed by atoms with Crippen LogP contribution in [0.4, 0.5) is 0 Å². The highest BCUT2D eigenvalue weighted by Gasteiger charge is 2.22. The molecule has 3 rings (SSSR count). The van der Waals surface area contributed by atoms with Gasteiger partial charge < -0.3 is 4.90 Å². The Labute approximate surface area is 149 Å². The fraction of sp³-hybridized carbons (Fsp3) is 0.273. The molecule has 1 amide bonds. The summed E-state index contributed by atoms with van der Waals surface area (Å²) in [5.41, 5.74) is 3.95. The molecule has 0 saturated carbocycles. The molecule has 0 saturated heterocycles. The molecular weight excluding hydrogens is 308 g/mol. The van der Waals surface area contributed by atoms with E-state index in [0.29, 0.717) is 0 Å². The molecule has 0 fully saturated rings. The first-order chi connectivity index (χ1) is 12.2. The van der Waals surface area contributed by atoms with Crippen molar-refractivity contribution in [2.75, 3.05) is 13.1 Å². The standard InChI is InChI=1S/C22H24N2O/c1-4-24(5-2)22(25)16(3)19-15-21(17-11-7-6-8-12-17)23-20-14-10-9-13-18(19)20/h6-16H,4-5H2,1-3H3. The van der Waals surface area contributed by atoms with Crippen LogP contribution in [0.15, 0.2) is 60.7 Å². The normalized spacial score (nSPS) is 12.1. The average molecular weight is 332 g/mol. The number of nitrogens with zero attached hydrogens (tertiary/aromatic N) is 2. The molecule has 0 aliphatic rings. The van der Waals surface area contributed by atoms with E-state index in [1.807, 2.05) is 62.1 Å². The van der Waals surface area contributed by atoms with Gasteiger partial charge in [-0.15, -0.1) is 0 Å². The smallest absolute Gasteiger partial charge is 0.229 e. The fourth-order valence-electron chi connectivity index (χ4n) is 3.26. The van der Waals surface area contributed by atoms with Crippen molar-refractivity contribution in [1.82, 2.24) is 9.88 Å². The first kappa shape index (κ1) is 17.2. The van der Waals surface area contributed by atoms with Crippen molar-refractivity contribution in [3.8, 4) is 11.3 Å². The van der Waals surface area contributed by atoms with E-state index in [-0.39, 0.29) is 11.8 Å². The van der Waals surface area contributed by atoms with Gasteiger partial charge in [-0.25, -0.2) is 4.98 Å². The van der Waals surface area contributed by atoms with Crippen molar-refractivity contribution >= 4 is 16.8 Å². The summed E-state index contributed by atoms with van der Waals surface area (Å²) >= 11 is 0. The third-order valence-corrected chi connectivity index (χ3v) is 4.73. The lowest BCUT2D eigenvalue weighted by atomic mass is 9.93. The lowest BCUT2D eigenvalue weighted by molar-refractivity contribution is -0.132. The molecule has 128 valence electrons. The van der Waals surface area contributed by atoms with Gasteiger partial charge in [-0.2, -0.15) is 0 Å². The molecule has 0 aliphatic carbocycles. The van der Waals surface area contributed by atoms with Crippen molar-refractivity contribution < 1.29 is 4.79 Å². The highest BCUT2D eigenvalue weighted by molar-refractivity contribution is 5.92. The summed E-state index contributed by atoms with van der Waals surface area (Å²) in [7, 11) is 0. The number of hydrogen-bond donors (Lipinski definition) is 0. The SMILES string of the molecule is CCN(CC)C(=O)C(C)c1cc(-c2ccccc2)nc2ccccc12. The molecule has 3 heteroatoms. The van der Waals surface area contributed by atoms with Crippen LogP contribution in [0.25, 0.3) is 22.2 Å². The largest absolute Gasteiger partial charge is 0.343 e.